The largest absolute Gasteiger partial charge is 0.346 e. The molecule has 1 rings (SSSR count). The number of imidazole rings is 1. The third kappa shape index (κ3) is 1.79. The lowest BCUT2D eigenvalue weighted by Gasteiger charge is -2.21. The maximum Gasteiger partial charge on any atom is 0.146 e. The standard InChI is InChI=1S/C8H13FN2/c1-8(2,3)7(9)6-4-10-5-11-6/h4-5,7H,1-3H3,(H,10,11). The Balaban J connectivity index is 2.78. The molecule has 0 spiro atoms. The van der Waals surface area contributed by atoms with Crippen LogP contribution in [0.4, 0.5) is 4.39 Å². The van der Waals surface area contributed by atoms with Crippen LogP contribution in [0.2, 0.25) is 0 Å². The molecule has 0 aliphatic rings. The van der Waals surface area contributed by atoms with E-state index in [2.05, 4.69) is 9.97 Å². The minimum absolute atomic E-state index is 0.355. The molecular weight excluding hydrogens is 143 g/mol. The summed E-state index contributed by atoms with van der Waals surface area (Å²) >= 11 is 0. The maximum atomic E-state index is 13.4. The lowest BCUT2D eigenvalue weighted by Crippen LogP contribution is -2.14. The van der Waals surface area contributed by atoms with Crippen LogP contribution in [0.25, 0.3) is 0 Å². The summed E-state index contributed by atoms with van der Waals surface area (Å²) in [5.74, 6) is 0. The molecule has 11 heavy (non-hydrogen) atoms. The van der Waals surface area contributed by atoms with Gasteiger partial charge in [0.05, 0.1) is 18.2 Å². The Kier molecular flexibility index (Phi) is 1.98. The van der Waals surface area contributed by atoms with E-state index in [-0.39, 0.29) is 5.41 Å². The highest BCUT2D eigenvalue weighted by Gasteiger charge is 2.26. The Hall–Kier alpha value is -0.860. The number of hydrogen-bond acceptors (Lipinski definition) is 1. The lowest BCUT2D eigenvalue weighted by atomic mass is 9.89. The molecule has 0 saturated carbocycles. The van der Waals surface area contributed by atoms with Crippen LogP contribution in [0.5, 0.6) is 0 Å². The van der Waals surface area contributed by atoms with Gasteiger partial charge in [-0.05, 0) is 5.41 Å². The van der Waals surface area contributed by atoms with Crippen LogP contribution in [-0.4, -0.2) is 9.97 Å². The molecule has 2 nitrogen and oxygen atoms in total. The highest BCUT2D eigenvalue weighted by atomic mass is 19.1. The Bertz CT molecular complexity index is 210. The number of alkyl halides is 1. The zero-order valence-corrected chi connectivity index (χ0v) is 7.06. The number of hydrogen-bond donors (Lipinski definition) is 1. The number of aromatic nitrogens is 2. The normalized spacial score (nSPS) is 14.9. The topological polar surface area (TPSA) is 28.7 Å². The summed E-state index contributed by atoms with van der Waals surface area (Å²) in [6, 6.07) is 0. The Labute approximate surface area is 65.9 Å². The third-order valence-corrected chi connectivity index (χ3v) is 1.55. The summed E-state index contributed by atoms with van der Waals surface area (Å²) in [7, 11) is 0. The van der Waals surface area contributed by atoms with E-state index in [1.807, 2.05) is 20.8 Å². The van der Waals surface area contributed by atoms with E-state index in [4.69, 9.17) is 0 Å². The smallest absolute Gasteiger partial charge is 0.146 e. The SMILES string of the molecule is CC(C)(C)C(F)c1cnc[nH]1. The van der Waals surface area contributed by atoms with E-state index >= 15 is 0 Å². The van der Waals surface area contributed by atoms with E-state index in [9.17, 15) is 4.39 Å². The molecular formula is C8H13FN2. The fourth-order valence-corrected chi connectivity index (χ4v) is 0.872. The van der Waals surface area contributed by atoms with Gasteiger partial charge < -0.3 is 4.98 Å². The summed E-state index contributed by atoms with van der Waals surface area (Å²) in [4.78, 5) is 6.52. The van der Waals surface area contributed by atoms with Crippen molar-refractivity contribution in [3.05, 3.63) is 18.2 Å². The van der Waals surface area contributed by atoms with Crippen molar-refractivity contribution in [1.29, 1.82) is 0 Å². The zero-order chi connectivity index (χ0) is 8.48. The first-order chi connectivity index (χ1) is 5.02. The van der Waals surface area contributed by atoms with Crippen molar-refractivity contribution in [2.24, 2.45) is 5.41 Å². The predicted molar refractivity (Wildman–Crippen MR) is 41.9 cm³/mol. The fraction of sp³-hybridized carbons (Fsp3) is 0.625. The molecule has 62 valence electrons. The van der Waals surface area contributed by atoms with Gasteiger partial charge in [0.2, 0.25) is 0 Å². The molecule has 0 aromatic carbocycles. The minimum atomic E-state index is -0.968. The van der Waals surface area contributed by atoms with Crippen molar-refractivity contribution in [3.8, 4) is 0 Å². The van der Waals surface area contributed by atoms with Gasteiger partial charge in [-0.2, -0.15) is 0 Å². The number of rotatable bonds is 1. The second-order valence-electron chi connectivity index (χ2n) is 3.74. The third-order valence-electron chi connectivity index (χ3n) is 1.55. The maximum absolute atomic E-state index is 13.4. The first kappa shape index (κ1) is 8.24. The van der Waals surface area contributed by atoms with Gasteiger partial charge in [0.15, 0.2) is 0 Å². The van der Waals surface area contributed by atoms with Crippen LogP contribution in [0.3, 0.4) is 0 Å². The predicted octanol–water partition coefficient (Wildman–Crippen LogP) is 2.47. The molecule has 0 amide bonds. The molecule has 1 aromatic rings. The second kappa shape index (κ2) is 2.64. The summed E-state index contributed by atoms with van der Waals surface area (Å²) < 4.78 is 13.4. The first-order valence-electron chi connectivity index (χ1n) is 3.64. The molecule has 0 radical (unpaired) electrons. The van der Waals surface area contributed by atoms with Crippen molar-refractivity contribution in [2.75, 3.05) is 0 Å². The molecule has 1 atom stereocenters. The van der Waals surface area contributed by atoms with Gasteiger partial charge in [0.25, 0.3) is 0 Å². The number of nitrogens with zero attached hydrogens (tertiary/aromatic N) is 1. The Morgan fingerprint density at radius 3 is 2.55 bits per heavy atom. The molecule has 0 aliphatic heterocycles. The van der Waals surface area contributed by atoms with Crippen molar-refractivity contribution in [1.82, 2.24) is 9.97 Å². The van der Waals surface area contributed by atoms with E-state index in [1.165, 1.54) is 12.5 Å². The van der Waals surface area contributed by atoms with Crippen LogP contribution in [0, 0.1) is 5.41 Å². The minimum Gasteiger partial charge on any atom is -0.346 e. The van der Waals surface area contributed by atoms with Crippen LogP contribution in [-0.2, 0) is 0 Å². The summed E-state index contributed by atoms with van der Waals surface area (Å²) in [5.41, 5.74) is 0.199. The zero-order valence-electron chi connectivity index (χ0n) is 7.06. The van der Waals surface area contributed by atoms with Gasteiger partial charge in [-0.25, -0.2) is 9.37 Å². The molecule has 0 bridgehead atoms. The Morgan fingerprint density at radius 1 is 1.55 bits per heavy atom. The number of aromatic amines is 1. The van der Waals surface area contributed by atoms with Crippen LogP contribution < -0.4 is 0 Å². The highest BCUT2D eigenvalue weighted by Crippen LogP contribution is 2.34. The second-order valence-corrected chi connectivity index (χ2v) is 3.74. The number of halogens is 1. The summed E-state index contributed by atoms with van der Waals surface area (Å²) in [6.07, 6.45) is 2.05. The number of nitrogens with one attached hydrogen (secondary N) is 1. The quantitative estimate of drug-likeness (QED) is 0.664. The Morgan fingerprint density at radius 2 is 2.18 bits per heavy atom. The van der Waals surface area contributed by atoms with Crippen LogP contribution >= 0.6 is 0 Å². The highest BCUT2D eigenvalue weighted by molar-refractivity contribution is 5.02. The molecule has 1 aromatic heterocycles. The van der Waals surface area contributed by atoms with Gasteiger partial charge >= 0.3 is 0 Å². The van der Waals surface area contributed by atoms with E-state index in [0.717, 1.165) is 0 Å². The van der Waals surface area contributed by atoms with Gasteiger partial charge in [-0.3, -0.25) is 0 Å². The summed E-state index contributed by atoms with van der Waals surface area (Å²) in [6.45, 7) is 5.58. The van der Waals surface area contributed by atoms with Crippen LogP contribution in [0.1, 0.15) is 32.6 Å². The average molecular weight is 156 g/mol. The molecule has 0 saturated heterocycles. The average Bonchev–Trinajstić information content (AvgIpc) is 2.34. The fourth-order valence-electron chi connectivity index (χ4n) is 0.872. The molecule has 1 N–H and O–H groups in total. The monoisotopic (exact) mass is 156 g/mol. The molecule has 0 aliphatic carbocycles. The van der Waals surface area contributed by atoms with Crippen LogP contribution in [0.15, 0.2) is 12.5 Å². The van der Waals surface area contributed by atoms with E-state index in [1.54, 1.807) is 0 Å². The van der Waals surface area contributed by atoms with Crippen molar-refractivity contribution >= 4 is 0 Å². The van der Waals surface area contributed by atoms with Gasteiger partial charge in [-0.15, -0.1) is 0 Å². The van der Waals surface area contributed by atoms with Crippen molar-refractivity contribution < 1.29 is 4.39 Å². The van der Waals surface area contributed by atoms with Gasteiger partial charge in [-0.1, -0.05) is 20.8 Å². The van der Waals surface area contributed by atoms with Crippen molar-refractivity contribution in [2.45, 2.75) is 26.9 Å². The molecule has 3 heteroatoms. The lowest BCUT2D eigenvalue weighted by molar-refractivity contribution is 0.161. The van der Waals surface area contributed by atoms with Gasteiger partial charge in [0, 0.05) is 0 Å². The number of H-pyrrole nitrogens is 1. The molecule has 1 unspecified atom stereocenters. The van der Waals surface area contributed by atoms with E-state index in [0.29, 0.717) is 5.69 Å². The van der Waals surface area contributed by atoms with E-state index < -0.39 is 6.17 Å². The van der Waals surface area contributed by atoms with Crippen molar-refractivity contribution in [3.63, 3.8) is 0 Å². The molecule has 1 heterocycles. The first-order valence-corrected chi connectivity index (χ1v) is 3.64. The molecule has 0 fully saturated rings. The summed E-state index contributed by atoms with van der Waals surface area (Å²) in [5, 5.41) is 0. The van der Waals surface area contributed by atoms with Gasteiger partial charge in [0.1, 0.15) is 6.17 Å².